The third-order valence-electron chi connectivity index (χ3n) is 2.37. The van der Waals surface area contributed by atoms with Crippen LogP contribution in [0, 0.1) is 0 Å². The number of benzene rings is 1. The Hall–Kier alpha value is -1.95. The topological polar surface area (TPSA) is 87.5 Å². The molecule has 6 heteroatoms. The third-order valence-corrected chi connectivity index (χ3v) is 4.53. The van der Waals surface area contributed by atoms with E-state index in [1.165, 1.54) is 0 Å². The molecule has 0 amide bonds. The van der Waals surface area contributed by atoms with Crippen LogP contribution in [0.5, 0.6) is 0 Å². The Bertz CT molecular complexity index is 578. The summed E-state index contributed by atoms with van der Waals surface area (Å²) in [6.07, 6.45) is -0.390. The molecule has 1 aromatic heterocycles. The van der Waals surface area contributed by atoms with Crippen molar-refractivity contribution in [3.63, 3.8) is 0 Å². The molecule has 0 aliphatic carbocycles. The van der Waals surface area contributed by atoms with Crippen molar-refractivity contribution in [3.05, 3.63) is 29.8 Å². The predicted octanol–water partition coefficient (Wildman–Crippen LogP) is 2.08. The average molecular weight is 252 g/mol. The normalized spacial score (nSPS) is 13.5. The Morgan fingerprint density at radius 2 is 2.00 bits per heavy atom. The molecular formula is C11H10NO4S+. The summed E-state index contributed by atoms with van der Waals surface area (Å²) >= 11 is 0. The van der Waals surface area contributed by atoms with E-state index in [9.17, 15) is 9.59 Å². The van der Waals surface area contributed by atoms with Crippen molar-refractivity contribution in [1.29, 1.82) is 0 Å². The Balaban J connectivity index is 2.48. The van der Waals surface area contributed by atoms with Gasteiger partial charge in [-0.05, 0) is 6.07 Å². The number of rotatable bonds is 4. The molecule has 0 aliphatic heterocycles. The van der Waals surface area contributed by atoms with E-state index in [1.54, 1.807) is 23.7 Å². The molecule has 2 atom stereocenters. The number of aliphatic carboxylic acids is 2. The lowest BCUT2D eigenvalue weighted by atomic mass is 10.3. The number of carbonyl (C=O) groups is 2. The quantitative estimate of drug-likeness (QED) is 0.813. The maximum atomic E-state index is 11.1. The highest BCUT2D eigenvalue weighted by atomic mass is 32.2. The number of fused-ring (bicyclic) bond motifs is 1. The SMILES string of the molecule is O=C(O)CC(C(=O)O)[s+]1cnc2ccccc21. The molecule has 1 aromatic carbocycles. The molecule has 2 aromatic rings. The smallest absolute Gasteiger partial charge is 0.362 e. The molecule has 17 heavy (non-hydrogen) atoms. The van der Waals surface area contributed by atoms with E-state index in [0.29, 0.717) is 0 Å². The molecule has 5 nitrogen and oxygen atoms in total. The number of para-hydroxylation sites is 1. The van der Waals surface area contributed by atoms with Crippen molar-refractivity contribution >= 4 is 32.6 Å². The number of hydrogen-bond acceptors (Lipinski definition) is 3. The van der Waals surface area contributed by atoms with Crippen molar-refractivity contribution in [1.82, 2.24) is 4.98 Å². The molecule has 0 saturated carbocycles. The second-order valence-electron chi connectivity index (χ2n) is 3.50. The summed E-state index contributed by atoms with van der Waals surface area (Å²) < 4.78 is 0.807. The van der Waals surface area contributed by atoms with Crippen LogP contribution in [0.1, 0.15) is 11.7 Å². The van der Waals surface area contributed by atoms with Crippen LogP contribution in [0.4, 0.5) is 0 Å². The fraction of sp³-hybridized carbons (Fsp3) is 0.182. The van der Waals surface area contributed by atoms with Gasteiger partial charge in [0.2, 0.25) is 15.5 Å². The van der Waals surface area contributed by atoms with E-state index < -0.39 is 34.1 Å². The Morgan fingerprint density at radius 1 is 1.29 bits per heavy atom. The zero-order valence-electron chi connectivity index (χ0n) is 8.74. The monoisotopic (exact) mass is 252 g/mol. The van der Waals surface area contributed by atoms with Gasteiger partial charge in [0.05, 0.1) is 0 Å². The zero-order valence-corrected chi connectivity index (χ0v) is 9.55. The Labute approximate surface area is 99.3 Å². The number of nitrogens with zero attached hydrogens (tertiary/aromatic N) is 1. The van der Waals surface area contributed by atoms with Gasteiger partial charge in [0.1, 0.15) is 11.9 Å². The van der Waals surface area contributed by atoms with Gasteiger partial charge >= 0.3 is 11.9 Å². The van der Waals surface area contributed by atoms with Crippen molar-refractivity contribution < 1.29 is 19.8 Å². The molecule has 2 rings (SSSR count). The summed E-state index contributed by atoms with van der Waals surface area (Å²) in [7, 11) is -0.763. The summed E-state index contributed by atoms with van der Waals surface area (Å²) in [5, 5.41) is 16.9. The number of carboxylic acid groups (broad SMARTS) is 2. The molecule has 2 unspecified atom stereocenters. The average Bonchev–Trinajstić information content (AvgIpc) is 2.69. The largest absolute Gasteiger partial charge is 0.481 e. The van der Waals surface area contributed by atoms with E-state index >= 15 is 0 Å². The number of carboxylic acids is 2. The van der Waals surface area contributed by atoms with Crippen LogP contribution in [0.2, 0.25) is 0 Å². The molecule has 2 N–H and O–H groups in total. The predicted molar refractivity (Wildman–Crippen MR) is 63.1 cm³/mol. The van der Waals surface area contributed by atoms with Gasteiger partial charge in [0, 0.05) is 16.5 Å². The van der Waals surface area contributed by atoms with Gasteiger partial charge in [-0.25, -0.2) is 4.79 Å². The van der Waals surface area contributed by atoms with Gasteiger partial charge in [-0.2, -0.15) is 4.98 Å². The second-order valence-corrected chi connectivity index (χ2v) is 5.46. The molecule has 1 heterocycles. The molecule has 88 valence electrons. The van der Waals surface area contributed by atoms with Crippen molar-refractivity contribution in [2.75, 3.05) is 0 Å². The standard InChI is InChI=1S/C11H9NO4S/c13-10(14)5-9(11(15)16)17-6-12-7-3-1-2-4-8(7)17/h1-4,6,9H,5H2,(H-,13,14,15,16)/p+1. The van der Waals surface area contributed by atoms with E-state index in [0.717, 1.165) is 10.2 Å². The first-order valence-corrected chi connectivity index (χ1v) is 6.24. The molecule has 0 spiro atoms. The molecule has 0 saturated heterocycles. The fourth-order valence-corrected chi connectivity index (χ4v) is 3.54. The lowest BCUT2D eigenvalue weighted by Gasteiger charge is -2.00. The number of hydrogen-bond donors (Lipinski definition) is 2. The highest BCUT2D eigenvalue weighted by Crippen LogP contribution is 2.40. The number of aromatic nitrogens is 1. The summed E-state index contributed by atoms with van der Waals surface area (Å²) in [4.78, 5) is 25.9. The summed E-state index contributed by atoms with van der Waals surface area (Å²) in [5.74, 6) is -2.21. The first-order valence-electron chi connectivity index (χ1n) is 4.89. The lowest BCUT2D eigenvalue weighted by molar-refractivity contribution is -0.144. The van der Waals surface area contributed by atoms with Gasteiger partial charge in [-0.15, -0.1) is 0 Å². The maximum absolute atomic E-state index is 11.1. The minimum Gasteiger partial charge on any atom is -0.481 e. The van der Waals surface area contributed by atoms with Crippen LogP contribution in [-0.2, 0) is 9.59 Å². The minimum absolute atomic E-state index is 0.390. The highest BCUT2D eigenvalue weighted by molar-refractivity contribution is 7.37. The van der Waals surface area contributed by atoms with E-state index in [1.807, 2.05) is 6.07 Å². The van der Waals surface area contributed by atoms with Crippen molar-refractivity contribution in [2.24, 2.45) is 0 Å². The number of thiazole rings is 1. The van der Waals surface area contributed by atoms with Crippen LogP contribution < -0.4 is 0 Å². The van der Waals surface area contributed by atoms with E-state index in [-0.39, 0.29) is 0 Å². The summed E-state index contributed by atoms with van der Waals surface area (Å²) in [6, 6.07) is 7.20. The van der Waals surface area contributed by atoms with Crippen LogP contribution in [0.3, 0.4) is 0 Å². The lowest BCUT2D eigenvalue weighted by Crippen LogP contribution is -2.11. The first-order chi connectivity index (χ1) is 8.09. The summed E-state index contributed by atoms with van der Waals surface area (Å²) in [5.41, 5.74) is 2.28. The van der Waals surface area contributed by atoms with Crippen LogP contribution in [0.25, 0.3) is 10.2 Å². The molecule has 0 fully saturated rings. The van der Waals surface area contributed by atoms with Crippen LogP contribution in [0.15, 0.2) is 29.8 Å². The minimum atomic E-state index is -1.11. The third kappa shape index (κ3) is 2.26. The van der Waals surface area contributed by atoms with Crippen LogP contribution in [-0.4, -0.2) is 27.1 Å². The van der Waals surface area contributed by atoms with Gasteiger partial charge in [0.15, 0.2) is 0 Å². The maximum Gasteiger partial charge on any atom is 0.362 e. The van der Waals surface area contributed by atoms with Crippen molar-refractivity contribution in [3.8, 4) is 0 Å². The van der Waals surface area contributed by atoms with Gasteiger partial charge < -0.3 is 10.2 Å². The Kier molecular flexibility index (Phi) is 3.06. The van der Waals surface area contributed by atoms with Crippen molar-refractivity contribution in [2.45, 2.75) is 11.7 Å². The molecule has 0 aliphatic rings. The second kappa shape index (κ2) is 4.50. The molecule has 0 bridgehead atoms. The fourth-order valence-electron chi connectivity index (χ4n) is 1.60. The first kappa shape index (κ1) is 11.5. The van der Waals surface area contributed by atoms with Crippen LogP contribution >= 0.6 is 10.5 Å². The van der Waals surface area contributed by atoms with E-state index in [4.69, 9.17) is 10.2 Å². The highest BCUT2D eigenvalue weighted by Gasteiger charge is 2.34. The van der Waals surface area contributed by atoms with E-state index in [2.05, 4.69) is 4.98 Å². The van der Waals surface area contributed by atoms with Gasteiger partial charge in [-0.1, -0.05) is 12.1 Å². The van der Waals surface area contributed by atoms with Gasteiger partial charge in [-0.3, -0.25) is 4.79 Å². The summed E-state index contributed by atoms with van der Waals surface area (Å²) in [6.45, 7) is 0. The zero-order chi connectivity index (χ0) is 12.4. The molecule has 0 radical (unpaired) electrons. The van der Waals surface area contributed by atoms with Gasteiger partial charge in [0.25, 0.3) is 0 Å². The Morgan fingerprint density at radius 3 is 2.65 bits per heavy atom. The molecular weight excluding hydrogens is 242 g/mol.